The molecule has 9 aromatic rings. The Morgan fingerprint density at radius 2 is 0.841 bits per heavy atom. The van der Waals surface area contributed by atoms with E-state index in [9.17, 15) is 0 Å². The Kier molecular flexibility index (Phi) is 9.05. The lowest BCUT2D eigenvalue weighted by Gasteiger charge is -2.63. The van der Waals surface area contributed by atoms with Crippen LogP contribution in [0.1, 0.15) is 68.2 Å². The van der Waals surface area contributed by atoms with Crippen molar-refractivity contribution in [2.75, 3.05) is 4.90 Å². The molecule has 0 N–H and O–H groups in total. The summed E-state index contributed by atoms with van der Waals surface area (Å²) in [5.74, 6) is 7.08. The van der Waals surface area contributed by atoms with Crippen LogP contribution in [-0.4, -0.2) is 15.0 Å². The molecule has 1 aromatic heterocycles. The average Bonchev–Trinajstić information content (AvgIpc) is 3.40. The van der Waals surface area contributed by atoms with E-state index in [-0.39, 0.29) is 10.8 Å². The number of ether oxygens (including phenoxy) is 1. The number of anilines is 3. The van der Waals surface area contributed by atoms with Gasteiger partial charge in [-0.2, -0.15) is 0 Å². The zero-order chi connectivity index (χ0) is 45.8. The Balaban J connectivity index is 0.820. The molecule has 8 aromatic carbocycles. The number of para-hydroxylation sites is 3. The molecule has 2 aliphatic heterocycles. The second kappa shape index (κ2) is 15.4. The molecule has 15 rings (SSSR count). The first-order valence-corrected chi connectivity index (χ1v) is 24.9. The van der Waals surface area contributed by atoms with Crippen molar-refractivity contribution in [2.24, 2.45) is 23.7 Å². The fraction of sp³-hybridized carbons (Fsp3) is 0.203. The van der Waals surface area contributed by atoms with Crippen molar-refractivity contribution < 1.29 is 4.74 Å². The van der Waals surface area contributed by atoms with Gasteiger partial charge in [0, 0.05) is 44.3 Å². The van der Waals surface area contributed by atoms with Gasteiger partial charge in [0.25, 0.3) is 0 Å². The van der Waals surface area contributed by atoms with Crippen LogP contribution in [0.15, 0.2) is 194 Å². The van der Waals surface area contributed by atoms with Crippen LogP contribution in [0.4, 0.5) is 17.1 Å². The third-order valence-electron chi connectivity index (χ3n) is 16.7. The Morgan fingerprint density at radius 1 is 0.391 bits per heavy atom. The van der Waals surface area contributed by atoms with E-state index >= 15 is 0 Å². The van der Waals surface area contributed by atoms with Crippen molar-refractivity contribution in [3.63, 3.8) is 0 Å². The molecule has 0 atom stereocenters. The summed E-state index contributed by atoms with van der Waals surface area (Å²) in [5, 5.41) is 0. The maximum Gasteiger partial charge on any atom is 0.164 e. The Morgan fingerprint density at radius 3 is 1.46 bits per heavy atom. The van der Waals surface area contributed by atoms with E-state index in [2.05, 4.69) is 195 Å². The van der Waals surface area contributed by atoms with Crippen molar-refractivity contribution in [1.29, 1.82) is 0 Å². The molecule has 6 aliphatic rings. The van der Waals surface area contributed by atoms with Crippen molar-refractivity contribution in [1.82, 2.24) is 15.0 Å². The highest BCUT2D eigenvalue weighted by molar-refractivity contribution is 5.86. The third-order valence-corrected chi connectivity index (χ3v) is 16.7. The van der Waals surface area contributed by atoms with E-state index in [0.29, 0.717) is 29.3 Å². The molecule has 4 aliphatic carbocycles. The Labute approximate surface area is 404 Å². The van der Waals surface area contributed by atoms with Gasteiger partial charge in [0.05, 0.1) is 11.4 Å². The largest absolute Gasteiger partial charge is 0.457 e. The van der Waals surface area contributed by atoms with Crippen LogP contribution in [-0.2, 0) is 10.8 Å². The van der Waals surface area contributed by atoms with Crippen LogP contribution >= 0.6 is 0 Å². The molecule has 0 saturated heterocycles. The SMILES string of the molecule is CC1(C)c2ccccc2N(c2ccc(-c3nc(-c4ccccc4)nc(-c4cccc(-c5cccc(-c6ccc7c(c6)C6(c8ccccc8O7)C7CC8CC(C7)CC6C8)c5)c4)n3)cc2)c2ccccc21. The maximum atomic E-state index is 6.76. The summed E-state index contributed by atoms with van der Waals surface area (Å²) in [5.41, 5.74) is 16.3. The predicted molar refractivity (Wildman–Crippen MR) is 278 cm³/mol. The second-order valence-corrected chi connectivity index (χ2v) is 20.9. The number of benzene rings is 8. The van der Waals surface area contributed by atoms with E-state index in [1.807, 2.05) is 18.2 Å². The van der Waals surface area contributed by atoms with E-state index < -0.39 is 0 Å². The van der Waals surface area contributed by atoms with Gasteiger partial charge in [-0.15, -0.1) is 0 Å². The van der Waals surface area contributed by atoms with Crippen LogP contribution in [0.5, 0.6) is 11.5 Å². The molecule has 4 fully saturated rings. The lowest BCUT2D eigenvalue weighted by Crippen LogP contribution is -2.56. The van der Waals surface area contributed by atoms with Crippen LogP contribution in [0.25, 0.3) is 56.4 Å². The smallest absolute Gasteiger partial charge is 0.164 e. The summed E-state index contributed by atoms with van der Waals surface area (Å²) in [7, 11) is 0. The summed E-state index contributed by atoms with van der Waals surface area (Å²) in [6, 6.07) is 70.1. The van der Waals surface area contributed by atoms with Gasteiger partial charge in [-0.3, -0.25) is 0 Å². The van der Waals surface area contributed by atoms with Gasteiger partial charge in [0.1, 0.15) is 11.5 Å². The summed E-state index contributed by atoms with van der Waals surface area (Å²) in [6.07, 6.45) is 6.77. The van der Waals surface area contributed by atoms with Gasteiger partial charge in [-0.25, -0.2) is 15.0 Å². The van der Waals surface area contributed by atoms with Gasteiger partial charge in [0.2, 0.25) is 0 Å². The van der Waals surface area contributed by atoms with Gasteiger partial charge in [0.15, 0.2) is 17.5 Å². The molecule has 0 radical (unpaired) electrons. The maximum absolute atomic E-state index is 6.76. The summed E-state index contributed by atoms with van der Waals surface area (Å²) < 4.78 is 6.76. The standard InChI is InChI=1S/C64H52N4O/c1-63(2)52-20-6-9-23-56(52)68(57-24-10-7-21-53(57)63)51-29-26-43(27-30-51)61-65-60(42-14-4-3-5-15-42)66-62(67-61)48-19-13-18-46(38-48)44-16-12-17-45(37-44)47-28-31-59-55(39-47)64(54-22-8-11-25-58(54)69-59)49-33-40-32-41(35-49)36-50(64)34-40/h3-31,37-41,49-50H,32-36H2,1-2H3. The summed E-state index contributed by atoms with van der Waals surface area (Å²) in [4.78, 5) is 17.9. The molecule has 334 valence electrons. The Hall–Kier alpha value is -7.63. The zero-order valence-electron chi connectivity index (χ0n) is 39.0. The molecule has 69 heavy (non-hydrogen) atoms. The van der Waals surface area contributed by atoms with Gasteiger partial charge >= 0.3 is 0 Å². The van der Waals surface area contributed by atoms with E-state index in [4.69, 9.17) is 19.7 Å². The monoisotopic (exact) mass is 892 g/mol. The molecule has 4 saturated carbocycles. The molecular weight excluding hydrogens is 841 g/mol. The molecule has 0 amide bonds. The van der Waals surface area contributed by atoms with Crippen molar-refractivity contribution in [3.8, 4) is 67.9 Å². The molecule has 5 heteroatoms. The highest BCUT2D eigenvalue weighted by atomic mass is 16.5. The van der Waals surface area contributed by atoms with Crippen molar-refractivity contribution >= 4 is 17.1 Å². The number of hydrogen-bond donors (Lipinski definition) is 0. The number of fused-ring (bicyclic) bond motifs is 4. The summed E-state index contributed by atoms with van der Waals surface area (Å²) in [6.45, 7) is 4.64. The van der Waals surface area contributed by atoms with Crippen molar-refractivity contribution in [3.05, 3.63) is 216 Å². The molecular formula is C64H52N4O. The van der Waals surface area contributed by atoms with Gasteiger partial charge < -0.3 is 9.64 Å². The first-order chi connectivity index (χ1) is 33.9. The molecule has 4 bridgehead atoms. The number of aromatic nitrogens is 3. The first kappa shape index (κ1) is 40.4. The minimum atomic E-state index is -0.123. The molecule has 1 spiro atoms. The van der Waals surface area contributed by atoms with Crippen LogP contribution in [0, 0.1) is 23.7 Å². The van der Waals surface area contributed by atoms with Crippen molar-refractivity contribution in [2.45, 2.75) is 56.8 Å². The molecule has 0 unspecified atom stereocenters. The van der Waals surface area contributed by atoms with Crippen LogP contribution < -0.4 is 9.64 Å². The van der Waals surface area contributed by atoms with Crippen LogP contribution in [0.3, 0.4) is 0 Å². The van der Waals surface area contributed by atoms with Gasteiger partial charge in [-0.05, 0) is 156 Å². The highest BCUT2D eigenvalue weighted by Crippen LogP contribution is 2.69. The highest BCUT2D eigenvalue weighted by Gasteiger charge is 2.61. The zero-order valence-corrected chi connectivity index (χ0v) is 39.0. The second-order valence-electron chi connectivity index (χ2n) is 20.9. The van der Waals surface area contributed by atoms with E-state index in [0.717, 1.165) is 56.8 Å². The minimum Gasteiger partial charge on any atom is -0.457 e. The molecule has 5 nitrogen and oxygen atoms in total. The number of nitrogens with zero attached hydrogens (tertiary/aromatic N) is 4. The fourth-order valence-corrected chi connectivity index (χ4v) is 13.9. The lowest BCUT2D eigenvalue weighted by atomic mass is 9.41. The fourth-order valence-electron chi connectivity index (χ4n) is 13.9. The normalized spacial score (nSPS) is 22.0. The topological polar surface area (TPSA) is 51.1 Å². The van der Waals surface area contributed by atoms with Gasteiger partial charge in [-0.1, -0.05) is 141 Å². The van der Waals surface area contributed by atoms with Crippen LogP contribution in [0.2, 0.25) is 0 Å². The predicted octanol–water partition coefficient (Wildman–Crippen LogP) is 16.2. The lowest BCUT2D eigenvalue weighted by molar-refractivity contribution is -0.0452. The minimum absolute atomic E-state index is 0.00676. The third kappa shape index (κ3) is 6.32. The quantitative estimate of drug-likeness (QED) is 0.166. The average molecular weight is 893 g/mol. The summed E-state index contributed by atoms with van der Waals surface area (Å²) >= 11 is 0. The van der Waals surface area contributed by atoms with E-state index in [1.165, 1.54) is 76.9 Å². The molecule has 3 heterocycles. The number of hydrogen-bond acceptors (Lipinski definition) is 5. The Bertz CT molecular complexity index is 3410. The first-order valence-electron chi connectivity index (χ1n) is 24.9. The number of rotatable bonds is 6. The van der Waals surface area contributed by atoms with E-state index in [1.54, 1.807) is 0 Å².